The number of esters is 1. The summed E-state index contributed by atoms with van der Waals surface area (Å²) in [4.78, 5) is 12.3. The van der Waals surface area contributed by atoms with Crippen molar-refractivity contribution in [3.63, 3.8) is 0 Å². The van der Waals surface area contributed by atoms with E-state index in [1.54, 1.807) is 12.2 Å². The quantitative estimate of drug-likeness (QED) is 0.0419. The fourth-order valence-electron chi connectivity index (χ4n) is 5.20. The van der Waals surface area contributed by atoms with Crippen LogP contribution in [0.3, 0.4) is 0 Å². The largest absolute Gasteiger partial charge is 0.457 e. The van der Waals surface area contributed by atoms with Crippen molar-refractivity contribution in [1.29, 1.82) is 0 Å². The van der Waals surface area contributed by atoms with Gasteiger partial charge in [0.25, 0.3) is 0 Å². The molecular formula is C32H54O12. The molecule has 0 aromatic heterocycles. The van der Waals surface area contributed by atoms with Crippen molar-refractivity contribution in [2.75, 3.05) is 19.8 Å². The number of ether oxygens (including phenoxy) is 4. The molecule has 12 nitrogen and oxygen atoms in total. The number of aliphatic hydroxyl groups excluding tert-OH is 7. The Morgan fingerprint density at radius 2 is 1.32 bits per heavy atom. The number of unbranched alkanes of at least 4 members (excludes halogenated alkanes) is 11. The summed E-state index contributed by atoms with van der Waals surface area (Å²) in [6.07, 6.45) is 12.0. The van der Waals surface area contributed by atoms with Gasteiger partial charge in [-0.2, -0.15) is 0 Å². The summed E-state index contributed by atoms with van der Waals surface area (Å²) in [5, 5.41) is 70.3. The summed E-state index contributed by atoms with van der Waals surface area (Å²) < 4.78 is 21.6. The smallest absolute Gasteiger partial charge is 0.330 e. The molecule has 9 atom stereocenters. The molecule has 2 saturated heterocycles. The summed E-state index contributed by atoms with van der Waals surface area (Å²) in [6, 6.07) is 0. The minimum absolute atomic E-state index is 0.719. The van der Waals surface area contributed by atoms with Crippen LogP contribution < -0.4 is 0 Å². The van der Waals surface area contributed by atoms with Gasteiger partial charge in [-0.25, -0.2) is 4.79 Å². The lowest BCUT2D eigenvalue weighted by molar-refractivity contribution is -0.383. The number of allylic oxidation sites excluding steroid dienone is 5. The molecule has 0 unspecified atom stereocenters. The molecule has 2 fully saturated rings. The van der Waals surface area contributed by atoms with Crippen LogP contribution >= 0.6 is 0 Å². The number of hydrogen-bond donors (Lipinski definition) is 7. The van der Waals surface area contributed by atoms with Crippen LogP contribution in [0.15, 0.2) is 36.5 Å². The van der Waals surface area contributed by atoms with Crippen molar-refractivity contribution in [3.8, 4) is 0 Å². The van der Waals surface area contributed by atoms with Gasteiger partial charge in [0.2, 0.25) is 5.79 Å². The molecule has 0 aromatic rings. The summed E-state index contributed by atoms with van der Waals surface area (Å²) in [7, 11) is 0. The van der Waals surface area contributed by atoms with Gasteiger partial charge in [-0.1, -0.05) is 102 Å². The predicted molar refractivity (Wildman–Crippen MR) is 161 cm³/mol. The van der Waals surface area contributed by atoms with Crippen LogP contribution in [-0.4, -0.2) is 116 Å². The van der Waals surface area contributed by atoms with Crippen molar-refractivity contribution < 1.29 is 59.5 Å². The standard InChI is InChI=1S/C32H54O12/c1-2-3-4-5-6-7-8-9-10-11-12-13-14-15-16-17-18-19-25(35)41-22-32(30(40)27(37)24(21-34)43-32)44-31-29(39)28(38)26(36)23(20-33)42-31/h14-19,23-24,26-31,33-34,36-40H,2-13,20-22H2,1H3/t23-,24-,26-,27-,28+,29-,30+,31-,32+/m1/s1. The maximum absolute atomic E-state index is 12.3. The van der Waals surface area contributed by atoms with Crippen molar-refractivity contribution in [1.82, 2.24) is 0 Å². The monoisotopic (exact) mass is 630 g/mol. The summed E-state index contributed by atoms with van der Waals surface area (Å²) in [5.41, 5.74) is 0. The van der Waals surface area contributed by atoms with Crippen molar-refractivity contribution in [2.45, 2.75) is 139 Å². The second kappa shape index (κ2) is 21.2. The molecule has 254 valence electrons. The Hall–Kier alpha value is -1.71. The molecule has 0 saturated carbocycles. The molecular weight excluding hydrogens is 576 g/mol. The Labute approximate surface area is 260 Å². The minimum atomic E-state index is -2.31. The van der Waals surface area contributed by atoms with Gasteiger partial charge in [-0.3, -0.25) is 0 Å². The SMILES string of the molecule is CCCCCCCCCCCCCC=CC=CC=CC(=O)OC[C@@]1(O[C@H]2O[C@H](CO)[C@@H](O)[C@H](O)[C@H]2O)O[C@H](CO)[C@@H](O)[C@@H]1O. The highest BCUT2D eigenvalue weighted by Crippen LogP contribution is 2.36. The molecule has 2 aliphatic rings. The predicted octanol–water partition coefficient (Wildman–Crippen LogP) is 1.53. The third-order valence-corrected chi connectivity index (χ3v) is 7.94. The Kier molecular flexibility index (Phi) is 18.5. The van der Waals surface area contributed by atoms with Crippen LogP contribution in [0.2, 0.25) is 0 Å². The molecule has 7 N–H and O–H groups in total. The highest BCUT2D eigenvalue weighted by atomic mass is 16.8. The van der Waals surface area contributed by atoms with Crippen LogP contribution in [0.4, 0.5) is 0 Å². The van der Waals surface area contributed by atoms with Gasteiger partial charge in [-0.15, -0.1) is 0 Å². The summed E-state index contributed by atoms with van der Waals surface area (Å²) in [6.45, 7) is -0.00115. The first-order valence-electron chi connectivity index (χ1n) is 16.0. The average molecular weight is 631 g/mol. The molecule has 44 heavy (non-hydrogen) atoms. The molecule has 0 amide bonds. The van der Waals surface area contributed by atoms with Crippen molar-refractivity contribution in [3.05, 3.63) is 36.5 Å². The molecule has 0 radical (unpaired) electrons. The number of hydrogen-bond acceptors (Lipinski definition) is 12. The molecule has 2 aliphatic heterocycles. The molecule has 0 aromatic carbocycles. The highest BCUT2D eigenvalue weighted by molar-refractivity contribution is 5.82. The average Bonchev–Trinajstić information content (AvgIpc) is 3.26. The van der Waals surface area contributed by atoms with E-state index in [2.05, 4.69) is 13.0 Å². The fraction of sp³-hybridized carbons (Fsp3) is 0.781. The van der Waals surface area contributed by atoms with E-state index in [-0.39, 0.29) is 0 Å². The van der Waals surface area contributed by atoms with Gasteiger partial charge in [-0.05, 0) is 12.8 Å². The Balaban J connectivity index is 1.76. The van der Waals surface area contributed by atoms with E-state index in [4.69, 9.17) is 18.9 Å². The zero-order valence-electron chi connectivity index (χ0n) is 25.9. The second-order valence-electron chi connectivity index (χ2n) is 11.5. The topological polar surface area (TPSA) is 196 Å². The third-order valence-electron chi connectivity index (χ3n) is 7.94. The highest BCUT2D eigenvalue weighted by Gasteiger charge is 2.59. The Morgan fingerprint density at radius 1 is 0.727 bits per heavy atom. The van der Waals surface area contributed by atoms with Gasteiger partial charge in [0, 0.05) is 6.08 Å². The van der Waals surface area contributed by atoms with E-state index in [1.165, 1.54) is 70.3 Å². The van der Waals surface area contributed by atoms with E-state index >= 15 is 0 Å². The van der Waals surface area contributed by atoms with Crippen LogP contribution in [0, 0.1) is 0 Å². The molecule has 0 bridgehead atoms. The first-order chi connectivity index (χ1) is 21.2. The van der Waals surface area contributed by atoms with Crippen LogP contribution in [0.1, 0.15) is 84.0 Å². The molecule has 2 heterocycles. The van der Waals surface area contributed by atoms with Gasteiger partial charge in [0.1, 0.15) is 49.3 Å². The van der Waals surface area contributed by atoms with Crippen molar-refractivity contribution >= 4 is 5.97 Å². The lowest BCUT2D eigenvalue weighted by Gasteiger charge is -2.43. The van der Waals surface area contributed by atoms with E-state index in [9.17, 15) is 40.5 Å². The Bertz CT molecular complexity index is 877. The summed E-state index contributed by atoms with van der Waals surface area (Å²) >= 11 is 0. The second-order valence-corrected chi connectivity index (χ2v) is 11.5. The molecule has 0 aliphatic carbocycles. The number of carbonyl (C=O) groups is 1. The zero-order valence-corrected chi connectivity index (χ0v) is 25.9. The first-order valence-corrected chi connectivity index (χ1v) is 16.0. The molecule has 2 rings (SSSR count). The first kappa shape index (κ1) is 38.5. The van der Waals surface area contributed by atoms with Crippen LogP contribution in [0.5, 0.6) is 0 Å². The maximum Gasteiger partial charge on any atom is 0.330 e. The number of carbonyl (C=O) groups excluding carboxylic acids is 1. The van der Waals surface area contributed by atoms with E-state index < -0.39 is 80.6 Å². The third kappa shape index (κ3) is 12.2. The Morgan fingerprint density at radius 3 is 1.91 bits per heavy atom. The van der Waals surface area contributed by atoms with Gasteiger partial charge >= 0.3 is 5.97 Å². The summed E-state index contributed by atoms with van der Waals surface area (Å²) in [5.74, 6) is -3.15. The molecule has 12 heteroatoms. The van der Waals surface area contributed by atoms with E-state index in [0.29, 0.717) is 0 Å². The lowest BCUT2D eigenvalue weighted by atomic mass is 9.99. The molecule has 0 spiro atoms. The van der Waals surface area contributed by atoms with Crippen molar-refractivity contribution in [2.24, 2.45) is 0 Å². The van der Waals surface area contributed by atoms with Gasteiger partial charge in [0.15, 0.2) is 6.29 Å². The minimum Gasteiger partial charge on any atom is -0.457 e. The number of rotatable bonds is 21. The van der Waals surface area contributed by atoms with Gasteiger partial charge in [0.05, 0.1) is 13.2 Å². The lowest BCUT2D eigenvalue weighted by Crippen LogP contribution is -2.62. The zero-order chi connectivity index (χ0) is 32.4. The fourth-order valence-corrected chi connectivity index (χ4v) is 5.20. The van der Waals surface area contributed by atoms with E-state index in [1.807, 2.05) is 6.08 Å². The van der Waals surface area contributed by atoms with E-state index in [0.717, 1.165) is 18.9 Å². The maximum atomic E-state index is 12.3. The number of aliphatic hydroxyl groups is 7. The van der Waals surface area contributed by atoms with Crippen LogP contribution in [-0.2, 0) is 23.7 Å². The normalized spacial score (nSPS) is 32.8. The van der Waals surface area contributed by atoms with Crippen LogP contribution in [0.25, 0.3) is 0 Å². The van der Waals surface area contributed by atoms with Gasteiger partial charge < -0.3 is 54.7 Å².